The number of hydrogen-bond donors (Lipinski definition) is 3. The van der Waals surface area contributed by atoms with Gasteiger partial charge in [0.2, 0.25) is 5.95 Å². The van der Waals surface area contributed by atoms with Crippen LogP contribution in [0.4, 0.5) is 16.9 Å². The lowest BCUT2D eigenvalue weighted by molar-refractivity contribution is 0.0586. The summed E-state index contributed by atoms with van der Waals surface area (Å²) in [4.78, 5) is 24.6. The minimum absolute atomic E-state index is 0.183. The van der Waals surface area contributed by atoms with Crippen LogP contribution >= 0.6 is 11.3 Å². The van der Waals surface area contributed by atoms with E-state index in [1.165, 1.54) is 11.3 Å². The zero-order chi connectivity index (χ0) is 24.4. The van der Waals surface area contributed by atoms with Crippen LogP contribution in [0, 0.1) is 0 Å². The fourth-order valence-corrected chi connectivity index (χ4v) is 5.66. The minimum atomic E-state index is -0.183. The molecule has 0 aromatic carbocycles. The second kappa shape index (κ2) is 10.3. The van der Waals surface area contributed by atoms with Crippen LogP contribution in [0.1, 0.15) is 52.1 Å². The Morgan fingerprint density at radius 2 is 1.83 bits per heavy atom. The molecule has 0 atom stereocenters. The van der Waals surface area contributed by atoms with E-state index in [0.717, 1.165) is 85.4 Å². The van der Waals surface area contributed by atoms with E-state index in [4.69, 9.17) is 9.97 Å². The highest BCUT2D eigenvalue weighted by Crippen LogP contribution is 2.28. The Morgan fingerprint density at radius 1 is 1.06 bits per heavy atom. The maximum absolute atomic E-state index is 9.87. The fraction of sp³-hybridized carbons (Fsp3) is 0.600. The van der Waals surface area contributed by atoms with Crippen molar-refractivity contribution in [2.45, 2.75) is 70.7 Å². The van der Waals surface area contributed by atoms with E-state index >= 15 is 0 Å². The number of pyridine rings is 1. The van der Waals surface area contributed by atoms with Gasteiger partial charge in [0.25, 0.3) is 0 Å². The topological polar surface area (TPSA) is 102 Å². The smallest absolute Gasteiger partial charge is 0.225 e. The van der Waals surface area contributed by atoms with Gasteiger partial charge >= 0.3 is 0 Å². The number of aliphatic hydroxyl groups excluding tert-OH is 1. The molecule has 0 radical (unpaired) electrons. The van der Waals surface area contributed by atoms with Crippen LogP contribution in [-0.2, 0) is 6.54 Å². The average molecular weight is 497 g/mol. The molecule has 0 unspecified atom stereocenters. The highest BCUT2D eigenvalue weighted by atomic mass is 32.1. The molecular formula is C25H36N8OS. The van der Waals surface area contributed by atoms with Crippen molar-refractivity contribution >= 4 is 38.6 Å². The fourth-order valence-electron chi connectivity index (χ4n) is 4.85. The van der Waals surface area contributed by atoms with Gasteiger partial charge in [-0.1, -0.05) is 11.3 Å². The van der Waals surface area contributed by atoms with Crippen LogP contribution in [0.15, 0.2) is 24.4 Å². The molecule has 10 heteroatoms. The molecule has 4 heterocycles. The molecule has 1 saturated heterocycles. The predicted octanol–water partition coefficient (Wildman–Crippen LogP) is 3.86. The summed E-state index contributed by atoms with van der Waals surface area (Å²) in [5, 5.41) is 17.6. The lowest BCUT2D eigenvalue weighted by Gasteiger charge is -2.42. The molecule has 5 rings (SSSR count). The van der Waals surface area contributed by atoms with E-state index in [1.807, 2.05) is 18.2 Å². The first-order valence-corrected chi connectivity index (χ1v) is 13.4. The third kappa shape index (κ3) is 6.24. The van der Waals surface area contributed by atoms with Crippen molar-refractivity contribution in [1.29, 1.82) is 0 Å². The first-order chi connectivity index (χ1) is 16.8. The summed E-state index contributed by atoms with van der Waals surface area (Å²) in [7, 11) is 0. The van der Waals surface area contributed by atoms with Gasteiger partial charge in [-0.05, 0) is 58.6 Å². The normalized spacial score (nSPS) is 22.4. The van der Waals surface area contributed by atoms with Crippen LogP contribution in [0.3, 0.4) is 0 Å². The van der Waals surface area contributed by atoms with E-state index < -0.39 is 0 Å². The Morgan fingerprint density at radius 3 is 2.54 bits per heavy atom. The van der Waals surface area contributed by atoms with Gasteiger partial charge in [-0.15, -0.1) is 0 Å². The van der Waals surface area contributed by atoms with Gasteiger partial charge < -0.3 is 15.7 Å². The zero-order valence-corrected chi connectivity index (χ0v) is 21.7. The van der Waals surface area contributed by atoms with Gasteiger partial charge in [0.05, 0.1) is 11.8 Å². The summed E-state index contributed by atoms with van der Waals surface area (Å²) in [6.07, 6.45) is 5.09. The molecule has 9 nitrogen and oxygen atoms in total. The molecule has 0 bridgehead atoms. The van der Waals surface area contributed by atoms with Crippen molar-refractivity contribution in [3.63, 3.8) is 0 Å². The maximum Gasteiger partial charge on any atom is 0.225 e. The van der Waals surface area contributed by atoms with Crippen molar-refractivity contribution in [3.8, 4) is 0 Å². The largest absolute Gasteiger partial charge is 0.393 e. The Labute approximate surface area is 211 Å². The third-order valence-electron chi connectivity index (χ3n) is 6.92. The number of thiazole rings is 1. The number of fused-ring (bicyclic) bond motifs is 1. The second-order valence-electron chi connectivity index (χ2n) is 10.6. The van der Waals surface area contributed by atoms with Crippen molar-refractivity contribution in [2.75, 3.05) is 36.8 Å². The molecule has 2 fully saturated rings. The number of rotatable bonds is 6. The lowest BCUT2D eigenvalue weighted by Crippen LogP contribution is -2.53. The monoisotopic (exact) mass is 496 g/mol. The maximum atomic E-state index is 9.87. The molecule has 3 aromatic rings. The van der Waals surface area contributed by atoms with Crippen LogP contribution < -0.4 is 10.6 Å². The molecule has 3 N–H and O–H groups in total. The Balaban J connectivity index is 1.33. The standard InChI is InChI=1S/C25H36N8OS/c1-25(2,3)33-13-11-32(12-14-33)16-18-15-21(31-24-29-20-5-4-10-26-22(20)35-24)30-23(28-18)27-17-6-8-19(34)9-7-17/h4-5,10,15,17,19,34H,6-9,11-14,16H2,1-3H3,(H2,27,28,29,30,31)/t17-,19-. The van der Waals surface area contributed by atoms with Crippen LogP contribution in [0.2, 0.25) is 0 Å². The number of anilines is 3. The van der Waals surface area contributed by atoms with Gasteiger partial charge in [0.15, 0.2) is 5.13 Å². The van der Waals surface area contributed by atoms with Gasteiger partial charge in [-0.3, -0.25) is 9.80 Å². The molecular weight excluding hydrogens is 460 g/mol. The predicted molar refractivity (Wildman–Crippen MR) is 141 cm³/mol. The molecule has 2 aliphatic rings. The van der Waals surface area contributed by atoms with Crippen molar-refractivity contribution < 1.29 is 5.11 Å². The van der Waals surface area contributed by atoms with E-state index in [1.54, 1.807) is 6.20 Å². The molecule has 1 saturated carbocycles. The molecule has 1 aliphatic carbocycles. The summed E-state index contributed by atoms with van der Waals surface area (Å²) in [6.45, 7) is 11.8. The number of hydrogen-bond acceptors (Lipinski definition) is 10. The van der Waals surface area contributed by atoms with Crippen molar-refractivity contribution in [2.24, 2.45) is 0 Å². The van der Waals surface area contributed by atoms with Crippen LogP contribution in [0.25, 0.3) is 10.3 Å². The molecule has 0 amide bonds. The Bertz CT molecular complexity index is 1100. The highest BCUT2D eigenvalue weighted by Gasteiger charge is 2.26. The van der Waals surface area contributed by atoms with Crippen molar-refractivity contribution in [3.05, 3.63) is 30.1 Å². The van der Waals surface area contributed by atoms with E-state index in [9.17, 15) is 5.11 Å². The summed E-state index contributed by atoms with van der Waals surface area (Å²) in [6, 6.07) is 6.18. The van der Waals surface area contributed by atoms with E-state index in [-0.39, 0.29) is 17.7 Å². The van der Waals surface area contributed by atoms with Gasteiger partial charge in [-0.25, -0.2) is 15.0 Å². The van der Waals surface area contributed by atoms with Crippen LogP contribution in [-0.4, -0.2) is 78.7 Å². The first kappa shape index (κ1) is 24.3. The molecule has 35 heavy (non-hydrogen) atoms. The highest BCUT2D eigenvalue weighted by molar-refractivity contribution is 7.21. The molecule has 1 aliphatic heterocycles. The number of aliphatic hydroxyl groups is 1. The van der Waals surface area contributed by atoms with Gasteiger partial charge in [0, 0.05) is 56.6 Å². The first-order valence-electron chi connectivity index (χ1n) is 12.6. The van der Waals surface area contributed by atoms with Crippen LogP contribution in [0.5, 0.6) is 0 Å². The summed E-state index contributed by atoms with van der Waals surface area (Å²) in [5.74, 6) is 1.37. The van der Waals surface area contributed by atoms with Gasteiger partial charge in [-0.2, -0.15) is 4.98 Å². The van der Waals surface area contributed by atoms with Crippen molar-refractivity contribution in [1.82, 2.24) is 29.7 Å². The van der Waals surface area contributed by atoms with E-state index in [0.29, 0.717) is 5.95 Å². The quantitative estimate of drug-likeness (QED) is 0.469. The summed E-state index contributed by atoms with van der Waals surface area (Å²) in [5.41, 5.74) is 2.07. The minimum Gasteiger partial charge on any atom is -0.393 e. The average Bonchev–Trinajstić information content (AvgIpc) is 3.22. The molecule has 3 aromatic heterocycles. The van der Waals surface area contributed by atoms with E-state index in [2.05, 4.69) is 51.2 Å². The Hall–Kier alpha value is -2.40. The number of piperazine rings is 1. The summed E-state index contributed by atoms with van der Waals surface area (Å²) < 4.78 is 0. The lowest BCUT2D eigenvalue weighted by atomic mass is 9.93. The SMILES string of the molecule is CC(C)(C)N1CCN(Cc2cc(Nc3nc4cccnc4s3)nc(N[C@H]3CC[C@H](O)CC3)n2)CC1. The number of nitrogens with one attached hydrogen (secondary N) is 2. The molecule has 0 spiro atoms. The number of nitrogens with zero attached hydrogens (tertiary/aromatic N) is 6. The zero-order valence-electron chi connectivity index (χ0n) is 20.9. The van der Waals surface area contributed by atoms with Gasteiger partial charge in [0.1, 0.15) is 16.2 Å². The molecule has 188 valence electrons. The number of aromatic nitrogens is 4. The second-order valence-corrected chi connectivity index (χ2v) is 11.6. The third-order valence-corrected chi connectivity index (χ3v) is 7.81. The Kier molecular flexibility index (Phi) is 7.15. The summed E-state index contributed by atoms with van der Waals surface area (Å²) >= 11 is 1.52.